The first-order valence-corrected chi connectivity index (χ1v) is 17.4. The van der Waals surface area contributed by atoms with Gasteiger partial charge in [0.05, 0.1) is 6.61 Å². The van der Waals surface area contributed by atoms with Crippen LogP contribution in [-0.4, -0.2) is 62.0 Å². The highest BCUT2D eigenvalue weighted by molar-refractivity contribution is 7.85. The lowest BCUT2D eigenvalue weighted by Gasteiger charge is -2.53. The van der Waals surface area contributed by atoms with Crippen LogP contribution in [0.3, 0.4) is 0 Å². The van der Waals surface area contributed by atoms with Crippen molar-refractivity contribution in [2.24, 2.45) is 0 Å². The molecule has 2 bridgehead atoms. The number of rotatable bonds is 4. The number of hydrogen-bond acceptors (Lipinski definition) is 7. The van der Waals surface area contributed by atoms with Crippen molar-refractivity contribution in [1.29, 1.82) is 0 Å². The Hall–Kier alpha value is 0.144. The Morgan fingerprint density at radius 3 is 2.07 bits per heavy atom. The van der Waals surface area contributed by atoms with Gasteiger partial charge in [0.15, 0.2) is 34.8 Å². The molecule has 0 radical (unpaired) electrons. The van der Waals surface area contributed by atoms with E-state index in [-0.39, 0.29) is 16.7 Å². The molecule has 0 unspecified atom stereocenters. The summed E-state index contributed by atoms with van der Waals surface area (Å²) in [5.74, 6) is 0. The van der Waals surface area contributed by atoms with Crippen LogP contribution in [0.2, 0.25) is 36.3 Å². The zero-order valence-electron chi connectivity index (χ0n) is 19.3. The van der Waals surface area contributed by atoms with Crippen LogP contribution in [0.15, 0.2) is 0 Å². The summed E-state index contributed by atoms with van der Waals surface area (Å²) in [6, 6.07) is 0. The van der Waals surface area contributed by atoms with Gasteiger partial charge in [0.2, 0.25) is 0 Å². The monoisotopic (exact) mass is 467 g/mol. The largest absolute Gasteiger partial charge is 0.405 e. The minimum atomic E-state index is -4.00. The third-order valence-corrected chi connectivity index (χ3v) is 17.1. The molecule has 1 N–H and O–H groups in total. The molecule has 0 amide bonds. The fourth-order valence-corrected chi connectivity index (χ4v) is 7.39. The lowest BCUT2D eigenvalue weighted by atomic mass is 9.94. The first kappa shape index (κ1) is 23.8. The Balaban J connectivity index is 2.11. The van der Waals surface area contributed by atoms with Crippen molar-refractivity contribution in [3.05, 3.63) is 0 Å². The maximum Gasteiger partial charge on any atom is 0.338 e. The van der Waals surface area contributed by atoms with Crippen molar-refractivity contribution < 1.29 is 30.9 Å². The molecule has 3 heterocycles. The predicted octanol–water partition coefficient (Wildman–Crippen LogP) is 3.08. The van der Waals surface area contributed by atoms with Gasteiger partial charge in [-0.1, -0.05) is 41.5 Å². The highest BCUT2D eigenvalue weighted by atomic mass is 32.2. The predicted molar refractivity (Wildman–Crippen MR) is 115 cm³/mol. The van der Waals surface area contributed by atoms with Gasteiger partial charge in [-0.15, -0.1) is 0 Å². The number of ether oxygens (including phenoxy) is 2. The van der Waals surface area contributed by atoms with Gasteiger partial charge in [0.1, 0.15) is 12.2 Å². The number of fused-ring (bicyclic) bond motifs is 4. The van der Waals surface area contributed by atoms with Crippen molar-refractivity contribution in [3.63, 3.8) is 0 Å². The fourth-order valence-electron chi connectivity index (χ4n) is 3.35. The van der Waals surface area contributed by atoms with E-state index in [1.807, 2.05) is 0 Å². The highest BCUT2D eigenvalue weighted by Crippen LogP contribution is 2.50. The van der Waals surface area contributed by atoms with Crippen LogP contribution >= 0.6 is 0 Å². The minimum Gasteiger partial charge on any atom is -0.405 e. The molecular formula is C18H37NO7SSi2. The van der Waals surface area contributed by atoms with E-state index >= 15 is 0 Å². The van der Waals surface area contributed by atoms with Crippen LogP contribution in [0.5, 0.6) is 0 Å². The van der Waals surface area contributed by atoms with E-state index in [9.17, 15) is 8.42 Å². The molecule has 3 rings (SSSR count). The van der Waals surface area contributed by atoms with Crippen LogP contribution < -0.4 is 4.72 Å². The lowest BCUT2D eigenvalue weighted by molar-refractivity contribution is -0.250. The van der Waals surface area contributed by atoms with Gasteiger partial charge in [-0.3, -0.25) is 0 Å². The molecule has 8 nitrogen and oxygen atoms in total. The van der Waals surface area contributed by atoms with E-state index in [4.69, 9.17) is 22.5 Å². The smallest absolute Gasteiger partial charge is 0.338 e. The third kappa shape index (κ3) is 4.02. The summed E-state index contributed by atoms with van der Waals surface area (Å²) in [5.41, 5.74) is -1.37. The molecule has 11 heteroatoms. The Labute approximate surface area is 177 Å². The zero-order chi connectivity index (χ0) is 22.3. The Morgan fingerprint density at radius 2 is 1.55 bits per heavy atom. The Morgan fingerprint density at radius 1 is 1.00 bits per heavy atom. The van der Waals surface area contributed by atoms with Gasteiger partial charge in [0, 0.05) is 0 Å². The summed E-state index contributed by atoms with van der Waals surface area (Å²) in [5, 5.41) is -0.228. The second kappa shape index (κ2) is 6.82. The molecule has 3 saturated heterocycles. The van der Waals surface area contributed by atoms with Gasteiger partial charge in [-0.2, -0.15) is 13.1 Å². The van der Waals surface area contributed by atoms with Gasteiger partial charge in [0.25, 0.3) is 0 Å². The first-order chi connectivity index (χ1) is 12.8. The van der Waals surface area contributed by atoms with Crippen LogP contribution in [0.4, 0.5) is 0 Å². The summed E-state index contributed by atoms with van der Waals surface area (Å²) in [6.45, 7) is 21.4. The van der Waals surface area contributed by atoms with Crippen molar-refractivity contribution in [3.8, 4) is 0 Å². The molecule has 0 spiro atoms. The van der Waals surface area contributed by atoms with E-state index in [1.54, 1.807) is 0 Å². The number of hydrogen-bond donors (Lipinski definition) is 1. The molecule has 3 fully saturated rings. The molecule has 3 aliphatic rings. The van der Waals surface area contributed by atoms with Crippen molar-refractivity contribution in [2.75, 3.05) is 6.61 Å². The van der Waals surface area contributed by atoms with Crippen molar-refractivity contribution in [2.45, 2.75) is 108 Å². The van der Waals surface area contributed by atoms with Gasteiger partial charge < -0.3 is 18.3 Å². The third-order valence-electron chi connectivity index (χ3n) is 7.14. The molecule has 5 atom stereocenters. The first-order valence-electron chi connectivity index (χ1n) is 10.2. The van der Waals surface area contributed by atoms with E-state index in [0.29, 0.717) is 0 Å². The normalized spacial score (nSPS) is 37.6. The quantitative estimate of drug-likeness (QED) is 0.635. The fraction of sp³-hybridized carbons (Fsp3) is 1.00. The average molecular weight is 468 g/mol. The molecule has 0 aromatic carbocycles. The summed E-state index contributed by atoms with van der Waals surface area (Å²) in [6.07, 6.45) is -2.87. The topological polar surface area (TPSA) is 92.3 Å². The summed E-state index contributed by atoms with van der Waals surface area (Å²) in [4.78, 5) is 0. The van der Waals surface area contributed by atoms with Crippen LogP contribution in [0.1, 0.15) is 41.5 Å². The molecule has 170 valence electrons. The van der Waals surface area contributed by atoms with Gasteiger partial charge in [-0.05, 0) is 36.3 Å². The van der Waals surface area contributed by atoms with Crippen molar-refractivity contribution in [1.82, 2.24) is 4.72 Å². The molecule has 0 aromatic rings. The summed E-state index contributed by atoms with van der Waals surface area (Å²) >= 11 is 0. The van der Waals surface area contributed by atoms with Crippen molar-refractivity contribution >= 4 is 26.9 Å². The second-order valence-electron chi connectivity index (χ2n) is 11.4. The summed E-state index contributed by atoms with van der Waals surface area (Å²) in [7, 11) is -8.75. The van der Waals surface area contributed by atoms with E-state index < -0.39 is 57.3 Å². The summed E-state index contributed by atoms with van der Waals surface area (Å²) < 4.78 is 58.7. The molecule has 0 saturated carbocycles. The Bertz CT molecular complexity index is 759. The SMILES string of the molecule is CC(C)(C)[Si](C)(C)O[C@@H]1[C@@H]2OC[C@@H](O2)[C@H]2OS(=O)(=O)N[C@@]12O[Si](C)(C)C(C)(C)C. The maximum absolute atomic E-state index is 12.6. The van der Waals surface area contributed by atoms with E-state index in [0.717, 1.165) is 0 Å². The lowest BCUT2D eigenvalue weighted by Crippen LogP contribution is -2.73. The van der Waals surface area contributed by atoms with E-state index in [2.05, 4.69) is 72.5 Å². The molecule has 0 aromatic heterocycles. The average Bonchev–Trinajstić information content (AvgIpc) is 3.02. The number of nitrogens with one attached hydrogen (secondary N) is 1. The van der Waals surface area contributed by atoms with Crippen LogP contribution in [0, 0.1) is 0 Å². The molecule has 29 heavy (non-hydrogen) atoms. The standard InChI is InChI=1S/C18H37NO7SSi2/c1-16(2,3)28(7,8)25-14-15-22-11-12(23-15)13-18(14,19-27(20,21)24-13)26-29(9,10)17(4,5)6/h12-15,19H,11H2,1-10H3/t12-,13-,14-,15-,18+/m1/s1. The minimum absolute atomic E-state index is 0.0888. The maximum atomic E-state index is 12.6. The molecular weight excluding hydrogens is 430 g/mol. The van der Waals surface area contributed by atoms with Gasteiger partial charge >= 0.3 is 10.3 Å². The molecule has 0 aliphatic carbocycles. The molecule has 3 aliphatic heterocycles. The van der Waals surface area contributed by atoms with Crippen LogP contribution in [0.25, 0.3) is 0 Å². The van der Waals surface area contributed by atoms with Gasteiger partial charge in [-0.25, -0.2) is 4.18 Å². The Kier molecular flexibility index (Phi) is 5.60. The highest BCUT2D eigenvalue weighted by Gasteiger charge is 2.71. The zero-order valence-corrected chi connectivity index (χ0v) is 22.1. The van der Waals surface area contributed by atoms with Crippen LogP contribution in [-0.2, 0) is 32.8 Å². The second-order valence-corrected chi connectivity index (χ2v) is 22.2. The van der Waals surface area contributed by atoms with E-state index in [1.165, 1.54) is 0 Å².